The predicted octanol–water partition coefficient (Wildman–Crippen LogP) is 2.82. The minimum atomic E-state index is -0.502. The minimum absolute atomic E-state index is 0.0507. The normalized spacial score (nSPS) is 19.8. The summed E-state index contributed by atoms with van der Waals surface area (Å²) in [5, 5.41) is 3.31. The molecule has 7 heteroatoms. The Bertz CT molecular complexity index is 1170. The van der Waals surface area contributed by atoms with E-state index in [1.165, 1.54) is 4.57 Å². The summed E-state index contributed by atoms with van der Waals surface area (Å²) in [6, 6.07) is 7.90. The average Bonchev–Trinajstić information content (AvgIpc) is 2.65. The number of aromatic nitrogens is 2. The number of rotatable bonds is 3. The van der Waals surface area contributed by atoms with Crippen molar-refractivity contribution in [1.29, 1.82) is 0 Å². The fourth-order valence-corrected chi connectivity index (χ4v) is 4.66. The van der Waals surface area contributed by atoms with Crippen molar-refractivity contribution in [2.75, 3.05) is 24.3 Å². The van der Waals surface area contributed by atoms with Crippen LogP contribution in [-0.2, 0) is 11.3 Å². The minimum Gasteiger partial charge on any atom is -0.378 e. The van der Waals surface area contributed by atoms with Crippen LogP contribution in [0.15, 0.2) is 45.1 Å². The molecule has 0 saturated heterocycles. The van der Waals surface area contributed by atoms with E-state index in [9.17, 15) is 14.4 Å². The van der Waals surface area contributed by atoms with Crippen molar-refractivity contribution in [2.24, 2.45) is 5.41 Å². The number of carbonyl (C=O) groups excluding carboxylic acids is 1. The van der Waals surface area contributed by atoms with Gasteiger partial charge < -0.3 is 10.2 Å². The molecule has 4 rings (SSSR count). The van der Waals surface area contributed by atoms with Crippen molar-refractivity contribution < 1.29 is 4.79 Å². The first-order valence-electron chi connectivity index (χ1n) is 10.3. The Hall–Kier alpha value is -3.09. The third-order valence-corrected chi connectivity index (χ3v) is 6.06. The second-order valence-corrected chi connectivity index (χ2v) is 9.14. The molecule has 1 aliphatic heterocycles. The molecule has 2 aliphatic rings. The molecule has 0 saturated carbocycles. The van der Waals surface area contributed by atoms with Gasteiger partial charge >= 0.3 is 5.69 Å². The van der Waals surface area contributed by atoms with E-state index >= 15 is 0 Å². The van der Waals surface area contributed by atoms with E-state index < -0.39 is 17.2 Å². The molecule has 0 amide bonds. The molecule has 2 aromatic rings. The molecule has 1 aliphatic carbocycles. The summed E-state index contributed by atoms with van der Waals surface area (Å²) < 4.78 is 1.54. The number of fused-ring (bicyclic) bond motifs is 1. The quantitative estimate of drug-likeness (QED) is 0.816. The molecule has 0 bridgehead atoms. The van der Waals surface area contributed by atoms with Gasteiger partial charge in [-0.15, -0.1) is 0 Å². The van der Waals surface area contributed by atoms with Crippen LogP contribution in [0.5, 0.6) is 0 Å². The highest BCUT2D eigenvalue weighted by Gasteiger charge is 2.42. The van der Waals surface area contributed by atoms with Crippen LogP contribution < -0.4 is 21.5 Å². The van der Waals surface area contributed by atoms with Gasteiger partial charge in [-0.1, -0.05) is 26.0 Å². The summed E-state index contributed by atoms with van der Waals surface area (Å²) in [6.07, 6.45) is 1.12. The Morgan fingerprint density at radius 3 is 2.37 bits per heavy atom. The van der Waals surface area contributed by atoms with Crippen LogP contribution in [0.1, 0.15) is 50.7 Å². The first kappa shape index (κ1) is 20.2. The SMILES string of the molecule is CCn1c2c(c(=O)[nH]c1=O)C(c1ccc(N(C)C)cc1)C1=C(CC(C)(C)CC1=O)N2. The van der Waals surface area contributed by atoms with Gasteiger partial charge in [0, 0.05) is 49.9 Å². The van der Waals surface area contributed by atoms with E-state index in [1.54, 1.807) is 0 Å². The number of nitrogens with one attached hydrogen (secondary N) is 2. The number of aromatic amines is 1. The molecule has 2 N–H and O–H groups in total. The number of hydrogen-bond acceptors (Lipinski definition) is 5. The summed E-state index contributed by atoms with van der Waals surface area (Å²) in [7, 11) is 3.93. The standard InChI is InChI=1S/C23H28N4O3/c1-6-27-20-19(21(29)25-22(27)30)17(13-7-9-14(10-8-13)26(4)5)18-15(24-20)11-23(2,3)12-16(18)28/h7-10,17,24H,6,11-12H2,1-5H3,(H,25,29,30). The van der Waals surface area contributed by atoms with E-state index in [0.29, 0.717) is 36.3 Å². The highest BCUT2D eigenvalue weighted by molar-refractivity contribution is 6.01. The van der Waals surface area contributed by atoms with Crippen LogP contribution in [0.3, 0.4) is 0 Å². The lowest BCUT2D eigenvalue weighted by molar-refractivity contribution is -0.118. The van der Waals surface area contributed by atoms with Crippen molar-refractivity contribution in [1.82, 2.24) is 9.55 Å². The Kier molecular flexibility index (Phi) is 4.71. The van der Waals surface area contributed by atoms with Crippen LogP contribution in [0, 0.1) is 5.41 Å². The zero-order valence-corrected chi connectivity index (χ0v) is 18.1. The van der Waals surface area contributed by atoms with Crippen molar-refractivity contribution in [3.05, 3.63) is 67.5 Å². The third-order valence-electron chi connectivity index (χ3n) is 6.06. The molecule has 1 aromatic carbocycles. The average molecular weight is 409 g/mol. The molecule has 1 aromatic heterocycles. The molecule has 0 radical (unpaired) electrons. The molecular weight excluding hydrogens is 380 g/mol. The van der Waals surface area contributed by atoms with Crippen molar-refractivity contribution in [3.8, 4) is 0 Å². The van der Waals surface area contributed by atoms with Crippen molar-refractivity contribution in [2.45, 2.75) is 46.1 Å². The van der Waals surface area contributed by atoms with E-state index in [1.807, 2.05) is 50.2 Å². The first-order valence-corrected chi connectivity index (χ1v) is 10.3. The molecule has 1 atom stereocenters. The number of hydrogen-bond donors (Lipinski definition) is 2. The summed E-state index contributed by atoms with van der Waals surface area (Å²) in [5.74, 6) is 0.0464. The van der Waals surface area contributed by atoms with Crippen molar-refractivity contribution in [3.63, 3.8) is 0 Å². The van der Waals surface area contributed by atoms with Crippen molar-refractivity contribution >= 4 is 17.3 Å². The number of allylic oxidation sites excluding steroid dienone is 2. The third kappa shape index (κ3) is 3.18. The summed E-state index contributed by atoms with van der Waals surface area (Å²) in [4.78, 5) is 43.1. The molecule has 158 valence electrons. The number of nitrogens with zero attached hydrogens (tertiary/aromatic N) is 2. The van der Waals surface area contributed by atoms with Gasteiger partial charge in [0.2, 0.25) is 0 Å². The predicted molar refractivity (Wildman–Crippen MR) is 118 cm³/mol. The maximum Gasteiger partial charge on any atom is 0.329 e. The van der Waals surface area contributed by atoms with E-state index in [0.717, 1.165) is 16.9 Å². The second-order valence-electron chi connectivity index (χ2n) is 9.14. The number of carbonyl (C=O) groups is 1. The molecule has 30 heavy (non-hydrogen) atoms. The van der Waals surface area contributed by atoms with Gasteiger partial charge in [0.15, 0.2) is 5.78 Å². The summed E-state index contributed by atoms with van der Waals surface area (Å²) in [5.41, 5.74) is 2.73. The fraction of sp³-hybridized carbons (Fsp3) is 0.435. The highest BCUT2D eigenvalue weighted by Crippen LogP contribution is 2.47. The summed E-state index contributed by atoms with van der Waals surface area (Å²) >= 11 is 0. The number of Topliss-reactive ketones (excluding diaryl/α,β-unsaturated/α-hetero) is 1. The molecule has 0 fully saturated rings. The first-order chi connectivity index (χ1) is 14.1. The zero-order chi connectivity index (χ0) is 21.8. The second kappa shape index (κ2) is 7.00. The van der Waals surface area contributed by atoms with Crippen LogP contribution in [0.25, 0.3) is 0 Å². The van der Waals surface area contributed by atoms with Gasteiger partial charge in [0.05, 0.1) is 5.56 Å². The fourth-order valence-electron chi connectivity index (χ4n) is 4.66. The molecule has 7 nitrogen and oxygen atoms in total. The Morgan fingerprint density at radius 1 is 1.10 bits per heavy atom. The molecule has 2 heterocycles. The number of ketones is 1. The van der Waals surface area contributed by atoms with Gasteiger partial charge in [-0.25, -0.2) is 4.79 Å². The number of anilines is 2. The maximum absolute atomic E-state index is 13.3. The largest absolute Gasteiger partial charge is 0.378 e. The summed E-state index contributed by atoms with van der Waals surface area (Å²) in [6.45, 7) is 6.41. The highest BCUT2D eigenvalue weighted by atomic mass is 16.2. The van der Waals surface area contributed by atoms with Gasteiger partial charge in [-0.2, -0.15) is 0 Å². The van der Waals surface area contributed by atoms with Gasteiger partial charge in [0.25, 0.3) is 5.56 Å². The number of H-pyrrole nitrogens is 1. The van der Waals surface area contributed by atoms with Crippen LogP contribution in [-0.4, -0.2) is 29.4 Å². The number of benzene rings is 1. The molecule has 1 unspecified atom stereocenters. The van der Waals surface area contributed by atoms with Crippen LogP contribution >= 0.6 is 0 Å². The van der Waals surface area contributed by atoms with E-state index in [-0.39, 0.29) is 11.2 Å². The smallest absolute Gasteiger partial charge is 0.329 e. The van der Waals surface area contributed by atoms with E-state index in [2.05, 4.69) is 24.1 Å². The van der Waals surface area contributed by atoms with Crippen LogP contribution in [0.2, 0.25) is 0 Å². The maximum atomic E-state index is 13.3. The van der Waals surface area contributed by atoms with Crippen LogP contribution in [0.4, 0.5) is 11.5 Å². The lowest BCUT2D eigenvalue weighted by Gasteiger charge is -2.39. The van der Waals surface area contributed by atoms with Gasteiger partial charge in [-0.3, -0.25) is 19.1 Å². The Morgan fingerprint density at radius 2 is 1.77 bits per heavy atom. The molecule has 0 spiro atoms. The van der Waals surface area contributed by atoms with Gasteiger partial charge in [-0.05, 0) is 36.5 Å². The topological polar surface area (TPSA) is 87.2 Å². The zero-order valence-electron chi connectivity index (χ0n) is 18.1. The lowest BCUT2D eigenvalue weighted by atomic mass is 9.69. The lowest BCUT2D eigenvalue weighted by Crippen LogP contribution is -2.41. The molecular formula is C23H28N4O3. The van der Waals surface area contributed by atoms with E-state index in [4.69, 9.17) is 0 Å². The van der Waals surface area contributed by atoms with Gasteiger partial charge in [0.1, 0.15) is 5.82 Å². The Labute approximate surface area is 175 Å². The Balaban J connectivity index is 2.00. The monoisotopic (exact) mass is 408 g/mol.